The van der Waals surface area contributed by atoms with Crippen LogP contribution in [0.5, 0.6) is 5.75 Å². The highest BCUT2D eigenvalue weighted by Gasteiger charge is 2.20. The van der Waals surface area contributed by atoms with Gasteiger partial charge in [0.1, 0.15) is 12.4 Å². The van der Waals surface area contributed by atoms with Crippen LogP contribution in [0, 0.1) is 0 Å². The molecule has 0 amide bonds. The van der Waals surface area contributed by atoms with Crippen molar-refractivity contribution in [2.75, 3.05) is 13.2 Å². The molecule has 20 heavy (non-hydrogen) atoms. The zero-order chi connectivity index (χ0) is 13.6. The van der Waals surface area contributed by atoms with Crippen LogP contribution in [0.3, 0.4) is 0 Å². The molecule has 2 aliphatic carbocycles. The second-order valence-corrected chi connectivity index (χ2v) is 5.89. The predicted molar refractivity (Wildman–Crippen MR) is 80.0 cm³/mol. The van der Waals surface area contributed by atoms with Crippen LogP contribution >= 0.6 is 0 Å². The first kappa shape index (κ1) is 13.9. The van der Waals surface area contributed by atoms with Gasteiger partial charge in [0.25, 0.3) is 0 Å². The molecule has 0 aliphatic heterocycles. The lowest BCUT2D eigenvalue weighted by molar-refractivity contribution is 0.0380. The molecule has 110 valence electrons. The highest BCUT2D eigenvalue weighted by Crippen LogP contribution is 2.23. The molecule has 3 heteroatoms. The first-order chi connectivity index (χ1) is 9.92. The van der Waals surface area contributed by atoms with E-state index in [1.165, 1.54) is 44.1 Å². The lowest BCUT2D eigenvalue weighted by atomic mass is 10.2. The minimum atomic E-state index is 0.477. The summed E-state index contributed by atoms with van der Waals surface area (Å²) in [5, 5.41) is 3.54. The average molecular weight is 275 g/mol. The molecular weight excluding hydrogens is 250 g/mol. The fourth-order valence-electron chi connectivity index (χ4n) is 2.75. The lowest BCUT2D eigenvalue weighted by Gasteiger charge is -2.14. The van der Waals surface area contributed by atoms with Gasteiger partial charge in [0.2, 0.25) is 0 Å². The van der Waals surface area contributed by atoms with Crippen LogP contribution in [0.4, 0.5) is 0 Å². The zero-order valence-corrected chi connectivity index (χ0v) is 12.1. The van der Waals surface area contributed by atoms with E-state index in [2.05, 4.69) is 23.5 Å². The van der Waals surface area contributed by atoms with Gasteiger partial charge in [-0.05, 0) is 31.7 Å². The van der Waals surface area contributed by atoms with E-state index in [-0.39, 0.29) is 0 Å². The van der Waals surface area contributed by atoms with Gasteiger partial charge in [-0.15, -0.1) is 0 Å². The Labute approximate surface area is 121 Å². The number of benzene rings is 1. The number of para-hydroxylation sites is 1. The fourth-order valence-corrected chi connectivity index (χ4v) is 2.75. The van der Waals surface area contributed by atoms with Crippen molar-refractivity contribution in [1.29, 1.82) is 0 Å². The largest absolute Gasteiger partial charge is 0.491 e. The van der Waals surface area contributed by atoms with Gasteiger partial charge in [-0.2, -0.15) is 0 Å². The molecule has 1 aromatic carbocycles. The molecule has 0 radical (unpaired) electrons. The summed E-state index contributed by atoms with van der Waals surface area (Å²) in [6, 6.07) is 9.04. The van der Waals surface area contributed by atoms with Crippen molar-refractivity contribution in [1.82, 2.24) is 5.32 Å². The molecular formula is C17H25NO2. The highest BCUT2D eigenvalue weighted by atomic mass is 16.5. The van der Waals surface area contributed by atoms with Crippen molar-refractivity contribution in [2.45, 2.75) is 57.2 Å². The number of rotatable bonds is 8. The summed E-state index contributed by atoms with van der Waals surface area (Å²) in [5.41, 5.74) is 1.25. The molecule has 3 nitrogen and oxygen atoms in total. The standard InChI is InChI=1S/C17H25NO2/c1-4-8-17(14(5-1)13-18-15-9-10-15)20-12-11-19-16-6-2-3-7-16/h1,4-5,8,15-16,18H,2-3,6-7,9-13H2. The van der Waals surface area contributed by atoms with Crippen LogP contribution in [-0.4, -0.2) is 25.4 Å². The van der Waals surface area contributed by atoms with Gasteiger partial charge in [0, 0.05) is 18.2 Å². The average Bonchev–Trinajstić information content (AvgIpc) is 3.17. The molecule has 1 N–H and O–H groups in total. The Hall–Kier alpha value is -1.06. The smallest absolute Gasteiger partial charge is 0.123 e. The molecule has 2 fully saturated rings. The molecule has 2 aliphatic rings. The molecule has 1 aromatic rings. The van der Waals surface area contributed by atoms with Crippen LogP contribution in [-0.2, 0) is 11.3 Å². The summed E-state index contributed by atoms with van der Waals surface area (Å²) in [4.78, 5) is 0. The Balaban J connectivity index is 1.41. The van der Waals surface area contributed by atoms with Gasteiger partial charge < -0.3 is 14.8 Å². The van der Waals surface area contributed by atoms with Crippen molar-refractivity contribution in [2.24, 2.45) is 0 Å². The van der Waals surface area contributed by atoms with Gasteiger partial charge >= 0.3 is 0 Å². The third kappa shape index (κ3) is 4.22. The molecule has 0 atom stereocenters. The van der Waals surface area contributed by atoms with Gasteiger partial charge in [-0.3, -0.25) is 0 Å². The van der Waals surface area contributed by atoms with Crippen LogP contribution in [0.15, 0.2) is 24.3 Å². The Kier molecular flexibility index (Phi) is 4.93. The van der Waals surface area contributed by atoms with E-state index in [1.807, 2.05) is 6.07 Å². The maximum atomic E-state index is 5.88. The van der Waals surface area contributed by atoms with E-state index in [1.54, 1.807) is 0 Å². The summed E-state index contributed by atoms with van der Waals surface area (Å²) in [6.45, 7) is 2.26. The summed E-state index contributed by atoms with van der Waals surface area (Å²) in [6.07, 6.45) is 8.20. The molecule has 2 saturated carbocycles. The van der Waals surface area contributed by atoms with Crippen LogP contribution < -0.4 is 10.1 Å². The van der Waals surface area contributed by atoms with E-state index in [4.69, 9.17) is 9.47 Å². The maximum Gasteiger partial charge on any atom is 0.123 e. The van der Waals surface area contributed by atoms with Gasteiger partial charge in [0.05, 0.1) is 12.7 Å². The quantitative estimate of drug-likeness (QED) is 0.739. The summed E-state index contributed by atoms with van der Waals surface area (Å²) in [5.74, 6) is 0.996. The van der Waals surface area contributed by atoms with E-state index < -0.39 is 0 Å². The Bertz CT molecular complexity index is 411. The molecule has 0 unspecified atom stereocenters. The van der Waals surface area contributed by atoms with Crippen molar-refractivity contribution >= 4 is 0 Å². The van der Waals surface area contributed by atoms with Gasteiger partial charge in [0.15, 0.2) is 0 Å². The molecule has 3 rings (SSSR count). The highest BCUT2D eigenvalue weighted by molar-refractivity contribution is 5.33. The van der Waals surface area contributed by atoms with Crippen molar-refractivity contribution < 1.29 is 9.47 Å². The zero-order valence-electron chi connectivity index (χ0n) is 12.1. The van der Waals surface area contributed by atoms with Crippen molar-refractivity contribution in [3.05, 3.63) is 29.8 Å². The second kappa shape index (κ2) is 7.09. The maximum absolute atomic E-state index is 5.88. The van der Waals surface area contributed by atoms with E-state index in [9.17, 15) is 0 Å². The number of ether oxygens (including phenoxy) is 2. The molecule has 0 bridgehead atoms. The van der Waals surface area contributed by atoms with Crippen LogP contribution in [0.25, 0.3) is 0 Å². The molecule has 0 spiro atoms. The SMILES string of the molecule is c1ccc(OCCOC2CCCC2)c(CNC2CC2)c1. The fraction of sp³-hybridized carbons (Fsp3) is 0.647. The van der Waals surface area contributed by atoms with E-state index >= 15 is 0 Å². The third-order valence-corrected chi connectivity index (χ3v) is 4.13. The number of hydrogen-bond donors (Lipinski definition) is 1. The van der Waals surface area contributed by atoms with Gasteiger partial charge in [-0.1, -0.05) is 31.0 Å². The Morgan fingerprint density at radius 2 is 1.80 bits per heavy atom. The Morgan fingerprint density at radius 1 is 1.00 bits per heavy atom. The molecule has 0 aromatic heterocycles. The second-order valence-electron chi connectivity index (χ2n) is 5.89. The summed E-state index contributed by atoms with van der Waals surface area (Å²) in [7, 11) is 0. The topological polar surface area (TPSA) is 30.5 Å². The van der Waals surface area contributed by atoms with E-state index in [0.717, 1.165) is 18.3 Å². The van der Waals surface area contributed by atoms with Gasteiger partial charge in [-0.25, -0.2) is 0 Å². The summed E-state index contributed by atoms with van der Waals surface area (Å²) < 4.78 is 11.7. The normalized spacial score (nSPS) is 19.4. The minimum Gasteiger partial charge on any atom is -0.491 e. The Morgan fingerprint density at radius 3 is 2.60 bits per heavy atom. The first-order valence-corrected chi connectivity index (χ1v) is 7.97. The van der Waals surface area contributed by atoms with Crippen LogP contribution in [0.2, 0.25) is 0 Å². The first-order valence-electron chi connectivity index (χ1n) is 7.97. The lowest BCUT2D eigenvalue weighted by Crippen LogP contribution is -2.17. The van der Waals surface area contributed by atoms with Crippen molar-refractivity contribution in [3.63, 3.8) is 0 Å². The predicted octanol–water partition coefficient (Wildman–Crippen LogP) is 3.28. The van der Waals surface area contributed by atoms with Crippen LogP contribution in [0.1, 0.15) is 44.1 Å². The number of nitrogens with one attached hydrogen (secondary N) is 1. The molecule has 0 heterocycles. The monoisotopic (exact) mass is 275 g/mol. The number of hydrogen-bond acceptors (Lipinski definition) is 3. The molecule has 0 saturated heterocycles. The third-order valence-electron chi connectivity index (χ3n) is 4.13. The van der Waals surface area contributed by atoms with E-state index in [0.29, 0.717) is 19.3 Å². The minimum absolute atomic E-state index is 0.477. The summed E-state index contributed by atoms with van der Waals surface area (Å²) >= 11 is 0. The van der Waals surface area contributed by atoms with Crippen molar-refractivity contribution in [3.8, 4) is 5.75 Å².